The normalized spacial score (nSPS) is 26.5. The maximum Gasteiger partial charge on any atom is 0.232 e. The van der Waals surface area contributed by atoms with E-state index in [9.17, 15) is 9.90 Å². The van der Waals surface area contributed by atoms with E-state index in [4.69, 9.17) is 13.9 Å². The van der Waals surface area contributed by atoms with Crippen molar-refractivity contribution in [3.8, 4) is 11.5 Å². The maximum atomic E-state index is 14.1. The lowest BCUT2D eigenvalue weighted by Crippen LogP contribution is -2.51. The van der Waals surface area contributed by atoms with E-state index >= 15 is 0 Å². The van der Waals surface area contributed by atoms with Crippen LogP contribution in [0.25, 0.3) is 11.5 Å². The van der Waals surface area contributed by atoms with Crippen molar-refractivity contribution in [2.24, 2.45) is 11.3 Å². The van der Waals surface area contributed by atoms with Gasteiger partial charge >= 0.3 is 0 Å². The zero-order chi connectivity index (χ0) is 29.0. The highest BCUT2D eigenvalue weighted by atomic mass is 16.5. The van der Waals surface area contributed by atoms with Crippen LogP contribution in [-0.2, 0) is 15.8 Å². The van der Waals surface area contributed by atoms with Crippen molar-refractivity contribution in [2.75, 3.05) is 11.4 Å². The second-order valence-electron chi connectivity index (χ2n) is 14.3. The van der Waals surface area contributed by atoms with Gasteiger partial charge in [0.2, 0.25) is 17.7 Å². The minimum atomic E-state index is -1.08. The number of amides is 1. The van der Waals surface area contributed by atoms with Gasteiger partial charge in [-0.3, -0.25) is 4.79 Å². The zero-order valence-electron chi connectivity index (χ0n) is 25.1. The Balaban J connectivity index is 1.13. The van der Waals surface area contributed by atoms with Crippen LogP contribution in [0.5, 0.6) is 0 Å². The van der Waals surface area contributed by atoms with Gasteiger partial charge in [0.1, 0.15) is 17.6 Å². The Kier molecular flexibility index (Phi) is 7.03. The van der Waals surface area contributed by atoms with Gasteiger partial charge in [-0.25, -0.2) is 4.98 Å². The Labute approximate surface area is 248 Å². The third kappa shape index (κ3) is 5.43. The molecule has 224 valence electrons. The summed E-state index contributed by atoms with van der Waals surface area (Å²) in [6.07, 6.45) is 16.8. The van der Waals surface area contributed by atoms with E-state index in [2.05, 4.69) is 15.0 Å². The number of carbonyl (C=O) groups excluding carboxylic acids is 1. The summed E-state index contributed by atoms with van der Waals surface area (Å²) in [6, 6.07) is 8.02. The van der Waals surface area contributed by atoms with Crippen molar-refractivity contribution >= 4 is 11.6 Å². The first kappa shape index (κ1) is 27.8. The smallest absolute Gasteiger partial charge is 0.232 e. The molecule has 0 spiro atoms. The molecule has 0 aliphatic heterocycles. The monoisotopic (exact) mass is 572 g/mol. The highest BCUT2D eigenvalue weighted by molar-refractivity contribution is 5.94. The van der Waals surface area contributed by atoms with Gasteiger partial charge in [-0.2, -0.15) is 4.98 Å². The minimum absolute atomic E-state index is 0.00187. The van der Waals surface area contributed by atoms with E-state index < -0.39 is 5.60 Å². The van der Waals surface area contributed by atoms with Gasteiger partial charge in [-0.15, -0.1) is 0 Å². The molecule has 5 fully saturated rings. The summed E-state index contributed by atoms with van der Waals surface area (Å²) in [7, 11) is 0. The van der Waals surface area contributed by atoms with Gasteiger partial charge in [0.15, 0.2) is 5.82 Å². The van der Waals surface area contributed by atoms with Crippen molar-refractivity contribution in [2.45, 2.75) is 121 Å². The molecule has 1 aromatic carbocycles. The summed E-state index contributed by atoms with van der Waals surface area (Å²) in [5, 5.41) is 14.7. The summed E-state index contributed by atoms with van der Waals surface area (Å²) in [5.74, 6) is 3.42. The molecule has 0 saturated heterocycles. The number of aliphatic hydroxyl groups is 1. The summed E-state index contributed by atoms with van der Waals surface area (Å²) in [4.78, 5) is 25.6. The fraction of sp³-hybridized carbons (Fsp3) is 0.647. The van der Waals surface area contributed by atoms with Crippen LogP contribution in [0.3, 0.4) is 0 Å². The van der Waals surface area contributed by atoms with Crippen molar-refractivity contribution in [1.82, 2.24) is 15.1 Å². The first-order valence-corrected chi connectivity index (χ1v) is 16.2. The minimum Gasteiger partial charge on any atom is -0.444 e. The number of anilines is 1. The van der Waals surface area contributed by atoms with Gasteiger partial charge < -0.3 is 18.9 Å². The summed E-state index contributed by atoms with van der Waals surface area (Å²) in [6.45, 7) is 4.13. The molecule has 0 atom stereocenters. The Morgan fingerprint density at radius 3 is 2.43 bits per heavy atom. The number of benzene rings is 1. The zero-order valence-corrected chi connectivity index (χ0v) is 25.1. The van der Waals surface area contributed by atoms with E-state index in [0.29, 0.717) is 29.8 Å². The van der Waals surface area contributed by atoms with Crippen molar-refractivity contribution < 1.29 is 18.8 Å². The van der Waals surface area contributed by atoms with Gasteiger partial charge in [0.25, 0.3) is 0 Å². The second kappa shape index (κ2) is 10.6. The molecule has 2 bridgehead atoms. The van der Waals surface area contributed by atoms with Gasteiger partial charge in [-0.05, 0) is 108 Å². The quantitative estimate of drug-likeness (QED) is 0.284. The average molecular weight is 573 g/mol. The molecule has 3 aromatic rings. The fourth-order valence-corrected chi connectivity index (χ4v) is 7.68. The number of aromatic nitrogens is 3. The van der Waals surface area contributed by atoms with Crippen LogP contribution in [0.15, 0.2) is 39.5 Å². The predicted molar refractivity (Wildman–Crippen MR) is 159 cm³/mol. The third-order valence-corrected chi connectivity index (χ3v) is 10.8. The molecule has 8 rings (SSSR count). The van der Waals surface area contributed by atoms with Gasteiger partial charge in [-0.1, -0.05) is 30.5 Å². The van der Waals surface area contributed by atoms with Crippen LogP contribution in [0.1, 0.15) is 127 Å². The molecule has 8 nitrogen and oxygen atoms in total. The lowest BCUT2D eigenvalue weighted by molar-refractivity contribution is -0.120. The summed E-state index contributed by atoms with van der Waals surface area (Å²) in [5.41, 5.74) is 1.21. The van der Waals surface area contributed by atoms with Crippen LogP contribution in [-0.4, -0.2) is 32.7 Å². The van der Waals surface area contributed by atoms with E-state index in [-0.39, 0.29) is 16.7 Å². The number of nitrogens with zero attached hydrogens (tertiary/aromatic N) is 4. The van der Waals surface area contributed by atoms with Crippen molar-refractivity contribution in [3.05, 3.63) is 47.9 Å². The molecular formula is C34H44N4O4. The molecule has 1 N–H and O–H groups in total. The summed E-state index contributed by atoms with van der Waals surface area (Å²) >= 11 is 0. The van der Waals surface area contributed by atoms with Crippen LogP contribution in [0.2, 0.25) is 0 Å². The molecule has 8 heteroatoms. The molecule has 1 amide bonds. The second-order valence-corrected chi connectivity index (χ2v) is 14.3. The van der Waals surface area contributed by atoms with E-state index in [1.54, 1.807) is 13.8 Å². The van der Waals surface area contributed by atoms with E-state index in [0.717, 1.165) is 80.9 Å². The third-order valence-electron chi connectivity index (χ3n) is 10.8. The molecule has 2 heterocycles. The van der Waals surface area contributed by atoms with Crippen LogP contribution >= 0.6 is 0 Å². The number of carbonyl (C=O) groups is 1. The first-order chi connectivity index (χ1) is 20.2. The summed E-state index contributed by atoms with van der Waals surface area (Å²) < 4.78 is 11.6. The Bertz CT molecular complexity index is 1400. The molecule has 2 aromatic heterocycles. The highest BCUT2D eigenvalue weighted by Gasteiger charge is 2.53. The van der Waals surface area contributed by atoms with Crippen molar-refractivity contribution in [1.29, 1.82) is 0 Å². The molecule has 5 saturated carbocycles. The predicted octanol–water partition coefficient (Wildman–Crippen LogP) is 7.43. The Hall–Kier alpha value is -3.00. The Morgan fingerprint density at radius 1 is 1.02 bits per heavy atom. The van der Waals surface area contributed by atoms with Crippen LogP contribution < -0.4 is 4.90 Å². The molecule has 5 aliphatic carbocycles. The van der Waals surface area contributed by atoms with Crippen LogP contribution in [0, 0.1) is 11.3 Å². The van der Waals surface area contributed by atoms with Gasteiger partial charge in [0, 0.05) is 35.5 Å². The fourth-order valence-electron chi connectivity index (χ4n) is 7.68. The number of oxazole rings is 1. The number of hydrogen-bond donors (Lipinski definition) is 1. The maximum absolute atomic E-state index is 14.1. The van der Waals surface area contributed by atoms with E-state index in [1.807, 2.05) is 24.3 Å². The topological polar surface area (TPSA) is 105 Å². The number of rotatable bonds is 9. The lowest BCUT2D eigenvalue weighted by Gasteiger charge is -2.53. The molecule has 5 aliphatic rings. The lowest BCUT2D eigenvalue weighted by atomic mass is 9.53. The SMILES string of the molecule is CC(C)(O)c1coc(-c2cccc(N(CC34CCC(c5nc(C6CC6)no5)(CC3)CC4)C(=O)CC3CCCCC3)c2)n1. The molecule has 0 radical (unpaired) electrons. The Morgan fingerprint density at radius 2 is 1.76 bits per heavy atom. The van der Waals surface area contributed by atoms with Crippen LogP contribution in [0.4, 0.5) is 5.69 Å². The highest BCUT2D eigenvalue weighted by Crippen LogP contribution is 2.58. The molecule has 0 unspecified atom stereocenters. The first-order valence-electron chi connectivity index (χ1n) is 16.2. The number of hydrogen-bond acceptors (Lipinski definition) is 7. The van der Waals surface area contributed by atoms with E-state index in [1.165, 1.54) is 38.4 Å². The number of fused-ring (bicyclic) bond motifs is 3. The molecule has 42 heavy (non-hydrogen) atoms. The van der Waals surface area contributed by atoms with Crippen molar-refractivity contribution in [3.63, 3.8) is 0 Å². The largest absolute Gasteiger partial charge is 0.444 e. The standard InChI is InChI=1S/C34H44N4O4/c1-32(2,40)27-21-41-30(35-27)25-9-6-10-26(20-25)38(28(39)19-23-7-4-3-5-8-23)22-33-13-16-34(17-14-33,18-15-33)31-36-29(37-42-31)24-11-12-24/h6,9-10,20-21,23-24,40H,3-5,7-8,11-19,22H2,1-2H3. The van der Waals surface area contributed by atoms with Gasteiger partial charge in [0.05, 0.1) is 0 Å². The molecular weight excluding hydrogens is 528 g/mol. The average Bonchev–Trinajstić information content (AvgIpc) is 3.49.